The van der Waals surface area contributed by atoms with Crippen molar-refractivity contribution in [2.24, 2.45) is 5.92 Å². The molecule has 2 atom stereocenters. The van der Waals surface area contributed by atoms with Crippen molar-refractivity contribution in [3.05, 3.63) is 108 Å². The van der Waals surface area contributed by atoms with E-state index >= 15 is 0 Å². The van der Waals surface area contributed by atoms with Gasteiger partial charge in [-0.1, -0.05) is 91.0 Å². The topological polar surface area (TPSA) is 59.0 Å². The lowest BCUT2D eigenvalue weighted by molar-refractivity contribution is -0.487. The molecule has 0 aliphatic carbocycles. The summed E-state index contributed by atoms with van der Waals surface area (Å²) in [7, 11) is 0. The van der Waals surface area contributed by atoms with Gasteiger partial charge >= 0.3 is 0 Å². The SMILES string of the molecule is O=C1C2CC(c3ccccc3)(c3ccccc3)OO[C@@]2(O)CN1Cc1ccccc1. The molecule has 0 bridgehead atoms. The summed E-state index contributed by atoms with van der Waals surface area (Å²) in [5.41, 5.74) is 1.80. The van der Waals surface area contributed by atoms with Crippen molar-refractivity contribution in [2.45, 2.75) is 24.4 Å². The Bertz CT molecular complexity index is 985. The number of benzene rings is 3. The smallest absolute Gasteiger partial charge is 0.231 e. The zero-order valence-corrected chi connectivity index (χ0v) is 16.5. The van der Waals surface area contributed by atoms with Crippen LogP contribution in [-0.4, -0.2) is 28.2 Å². The zero-order valence-electron chi connectivity index (χ0n) is 16.5. The fourth-order valence-corrected chi connectivity index (χ4v) is 4.52. The predicted octanol–water partition coefficient (Wildman–Crippen LogP) is 3.63. The second-order valence-corrected chi connectivity index (χ2v) is 8.01. The van der Waals surface area contributed by atoms with Gasteiger partial charge in [-0.05, 0) is 16.7 Å². The van der Waals surface area contributed by atoms with Crippen LogP contribution in [0.5, 0.6) is 0 Å². The van der Waals surface area contributed by atoms with E-state index in [2.05, 4.69) is 0 Å². The lowest BCUT2D eigenvalue weighted by atomic mass is 9.76. The number of nitrogens with zero attached hydrogens (tertiary/aromatic N) is 1. The molecule has 2 heterocycles. The molecule has 0 radical (unpaired) electrons. The molecule has 0 spiro atoms. The molecule has 152 valence electrons. The molecule has 2 saturated heterocycles. The maximum Gasteiger partial charge on any atom is 0.231 e. The number of hydrogen-bond donors (Lipinski definition) is 1. The van der Waals surface area contributed by atoms with Crippen LogP contribution in [0.25, 0.3) is 0 Å². The number of likely N-dealkylation sites (tertiary alicyclic amines) is 1. The second-order valence-electron chi connectivity index (χ2n) is 8.01. The Labute approximate surface area is 175 Å². The van der Waals surface area contributed by atoms with Crippen molar-refractivity contribution in [1.29, 1.82) is 0 Å². The van der Waals surface area contributed by atoms with Crippen molar-refractivity contribution >= 4 is 5.91 Å². The van der Waals surface area contributed by atoms with Crippen LogP contribution < -0.4 is 0 Å². The summed E-state index contributed by atoms with van der Waals surface area (Å²) >= 11 is 0. The Hall–Kier alpha value is -2.99. The van der Waals surface area contributed by atoms with E-state index in [4.69, 9.17) is 9.78 Å². The monoisotopic (exact) mass is 401 g/mol. The molecule has 1 amide bonds. The van der Waals surface area contributed by atoms with E-state index in [-0.39, 0.29) is 12.5 Å². The summed E-state index contributed by atoms with van der Waals surface area (Å²) in [5, 5.41) is 11.1. The highest BCUT2D eigenvalue weighted by atomic mass is 17.2. The molecule has 5 rings (SSSR count). The minimum absolute atomic E-state index is 0.0745. The Balaban J connectivity index is 1.50. The Morgan fingerprint density at radius 3 is 1.93 bits per heavy atom. The van der Waals surface area contributed by atoms with E-state index in [0.29, 0.717) is 13.0 Å². The van der Waals surface area contributed by atoms with Crippen LogP contribution in [0.2, 0.25) is 0 Å². The van der Waals surface area contributed by atoms with Gasteiger partial charge in [-0.3, -0.25) is 4.79 Å². The van der Waals surface area contributed by atoms with Gasteiger partial charge in [-0.2, -0.15) is 4.89 Å². The first kappa shape index (κ1) is 19.0. The molecule has 3 aromatic rings. The van der Waals surface area contributed by atoms with Crippen molar-refractivity contribution < 1.29 is 19.7 Å². The summed E-state index contributed by atoms with van der Waals surface area (Å²) in [6.45, 7) is 0.497. The maximum absolute atomic E-state index is 13.3. The minimum Gasteiger partial charge on any atom is -0.361 e. The molecule has 1 N–H and O–H groups in total. The Kier molecular flexibility index (Phi) is 4.66. The van der Waals surface area contributed by atoms with Gasteiger partial charge in [0, 0.05) is 13.0 Å². The Morgan fingerprint density at radius 2 is 1.37 bits per heavy atom. The molecule has 5 heteroatoms. The molecule has 2 aliphatic heterocycles. The maximum atomic E-state index is 13.3. The average molecular weight is 401 g/mol. The molecule has 5 nitrogen and oxygen atoms in total. The average Bonchev–Trinajstić information content (AvgIpc) is 3.04. The molecular formula is C25H23NO4. The van der Waals surface area contributed by atoms with Crippen LogP contribution in [0.3, 0.4) is 0 Å². The number of carbonyl (C=O) groups is 1. The van der Waals surface area contributed by atoms with Gasteiger partial charge in [0.2, 0.25) is 11.7 Å². The summed E-state index contributed by atoms with van der Waals surface area (Å²) in [6.07, 6.45) is 0.293. The fraction of sp³-hybridized carbons (Fsp3) is 0.240. The normalized spacial score (nSPS) is 25.2. The van der Waals surface area contributed by atoms with Crippen molar-refractivity contribution in [2.75, 3.05) is 6.54 Å². The first-order valence-corrected chi connectivity index (χ1v) is 10.1. The number of aliphatic hydroxyl groups is 1. The number of rotatable bonds is 4. The molecule has 2 aliphatic rings. The van der Waals surface area contributed by atoms with Crippen molar-refractivity contribution in [1.82, 2.24) is 4.90 Å². The number of fused-ring (bicyclic) bond motifs is 1. The van der Waals surface area contributed by atoms with Gasteiger partial charge in [0.25, 0.3) is 0 Å². The van der Waals surface area contributed by atoms with E-state index in [1.54, 1.807) is 4.90 Å². The molecule has 0 saturated carbocycles. The van der Waals surface area contributed by atoms with E-state index in [1.165, 1.54) is 0 Å². The van der Waals surface area contributed by atoms with E-state index < -0.39 is 17.3 Å². The summed E-state index contributed by atoms with van der Waals surface area (Å²) in [5.74, 6) is -2.52. The second kappa shape index (κ2) is 7.36. The summed E-state index contributed by atoms with van der Waals surface area (Å²) in [6, 6.07) is 29.2. The highest BCUT2D eigenvalue weighted by Crippen LogP contribution is 2.50. The van der Waals surface area contributed by atoms with Crippen LogP contribution in [0, 0.1) is 5.92 Å². The lowest BCUT2D eigenvalue weighted by Gasteiger charge is -2.43. The third-order valence-corrected chi connectivity index (χ3v) is 6.09. The zero-order chi connectivity index (χ0) is 20.6. The Morgan fingerprint density at radius 1 is 0.833 bits per heavy atom. The number of hydrogen-bond acceptors (Lipinski definition) is 4. The van der Waals surface area contributed by atoms with Gasteiger partial charge in [0.15, 0.2) is 5.60 Å². The van der Waals surface area contributed by atoms with Gasteiger partial charge in [-0.15, -0.1) is 0 Å². The van der Waals surface area contributed by atoms with Gasteiger partial charge in [0.05, 0.1) is 6.54 Å². The molecule has 1 unspecified atom stereocenters. The number of amides is 1. The first-order chi connectivity index (χ1) is 14.6. The van der Waals surface area contributed by atoms with Crippen LogP contribution in [0.1, 0.15) is 23.1 Å². The highest BCUT2D eigenvalue weighted by molar-refractivity contribution is 5.83. The molecule has 2 fully saturated rings. The quantitative estimate of drug-likeness (QED) is 0.679. The largest absolute Gasteiger partial charge is 0.361 e. The summed E-state index contributed by atoms with van der Waals surface area (Å²) < 4.78 is 0. The van der Waals surface area contributed by atoms with Crippen LogP contribution >= 0.6 is 0 Å². The van der Waals surface area contributed by atoms with Gasteiger partial charge in [-0.25, -0.2) is 4.89 Å². The molecule has 30 heavy (non-hydrogen) atoms. The number of carbonyl (C=O) groups excluding carboxylic acids is 1. The van der Waals surface area contributed by atoms with Gasteiger partial charge in [0.1, 0.15) is 5.92 Å². The first-order valence-electron chi connectivity index (χ1n) is 10.1. The van der Waals surface area contributed by atoms with Crippen molar-refractivity contribution in [3.63, 3.8) is 0 Å². The summed E-state index contributed by atoms with van der Waals surface area (Å²) in [4.78, 5) is 26.6. The predicted molar refractivity (Wildman–Crippen MR) is 111 cm³/mol. The van der Waals surface area contributed by atoms with E-state index in [1.807, 2.05) is 91.0 Å². The van der Waals surface area contributed by atoms with E-state index in [9.17, 15) is 9.90 Å². The van der Waals surface area contributed by atoms with Crippen LogP contribution in [0.4, 0.5) is 0 Å². The molecular weight excluding hydrogens is 378 g/mol. The fourth-order valence-electron chi connectivity index (χ4n) is 4.52. The molecule has 3 aromatic carbocycles. The minimum atomic E-state index is -1.67. The van der Waals surface area contributed by atoms with Crippen LogP contribution in [-0.2, 0) is 26.7 Å². The third kappa shape index (κ3) is 3.12. The van der Waals surface area contributed by atoms with E-state index in [0.717, 1.165) is 16.7 Å². The van der Waals surface area contributed by atoms with Crippen LogP contribution in [0.15, 0.2) is 91.0 Å². The lowest BCUT2D eigenvalue weighted by Crippen LogP contribution is -2.52. The number of β-amino-alcohol motifs (C(OH)–C–C–N with tert-alkyl or cyclic N) is 1. The highest BCUT2D eigenvalue weighted by Gasteiger charge is 2.61. The standard InChI is InChI=1S/C25H23NO4/c27-23-22-16-24(20-12-6-2-7-13-20,21-14-8-3-9-15-21)29-30-25(22,28)18-26(23)17-19-10-4-1-5-11-19/h1-15,22,28H,16-18H2/t22?,25-/m0/s1. The third-order valence-electron chi connectivity index (χ3n) is 6.09. The van der Waals surface area contributed by atoms with Gasteiger partial charge < -0.3 is 10.0 Å². The molecule has 0 aromatic heterocycles. The van der Waals surface area contributed by atoms with Crippen molar-refractivity contribution in [3.8, 4) is 0 Å².